The minimum Gasteiger partial charge on any atom is -0.394 e. The van der Waals surface area contributed by atoms with E-state index in [1.54, 1.807) is 17.2 Å². The fraction of sp³-hybridized carbons (Fsp3) is 0.448. The van der Waals surface area contributed by atoms with Crippen LogP contribution in [0.15, 0.2) is 48.8 Å². The number of ether oxygens (including phenoxy) is 2. The van der Waals surface area contributed by atoms with Crippen molar-refractivity contribution in [3.05, 3.63) is 59.2 Å². The smallest absolute Gasteiger partial charge is 0.231 e. The number of hydrogen-bond acceptors (Lipinski definition) is 10. The predicted molar refractivity (Wildman–Crippen MR) is 154 cm³/mol. The summed E-state index contributed by atoms with van der Waals surface area (Å²) in [6.45, 7) is 3.46. The van der Waals surface area contributed by atoms with E-state index in [1.807, 2.05) is 24.4 Å². The van der Waals surface area contributed by atoms with Crippen molar-refractivity contribution in [1.29, 1.82) is 0 Å². The van der Waals surface area contributed by atoms with Gasteiger partial charge >= 0.3 is 0 Å². The molecule has 2 saturated heterocycles. The van der Waals surface area contributed by atoms with Crippen LogP contribution in [-0.2, 0) is 20.8 Å². The lowest BCUT2D eigenvalue weighted by atomic mass is 9.98. The predicted octanol–water partition coefficient (Wildman–Crippen LogP) is 3.50. The number of anilines is 2. The zero-order valence-corrected chi connectivity index (χ0v) is 23.2. The van der Waals surface area contributed by atoms with Gasteiger partial charge in [-0.15, -0.1) is 0 Å². The molecule has 5 rings (SSSR count). The highest BCUT2D eigenvalue weighted by molar-refractivity contribution is 7.07. The average molecular weight is 566 g/mol. The summed E-state index contributed by atoms with van der Waals surface area (Å²) >= 11 is 1.23. The van der Waals surface area contributed by atoms with Crippen molar-refractivity contribution in [2.24, 2.45) is 5.92 Å². The fourth-order valence-corrected chi connectivity index (χ4v) is 5.52. The number of pyridine rings is 2. The summed E-state index contributed by atoms with van der Waals surface area (Å²) in [7, 11) is 0. The summed E-state index contributed by atoms with van der Waals surface area (Å²) in [5, 5.41) is 18.7. The number of carbonyl (C=O) groups excluding carboxylic acids is 1. The van der Waals surface area contributed by atoms with E-state index in [1.165, 1.54) is 30.5 Å². The molecule has 3 aromatic rings. The molecular weight excluding hydrogens is 530 g/mol. The summed E-state index contributed by atoms with van der Waals surface area (Å²) in [6.07, 6.45) is 9.49. The van der Waals surface area contributed by atoms with Crippen LogP contribution in [-0.4, -0.2) is 76.3 Å². The van der Waals surface area contributed by atoms with Gasteiger partial charge in [0.15, 0.2) is 6.29 Å². The Hall–Kier alpha value is -3.22. The van der Waals surface area contributed by atoms with Gasteiger partial charge in [0.25, 0.3) is 0 Å². The summed E-state index contributed by atoms with van der Waals surface area (Å²) in [6, 6.07) is 9.88. The Bertz CT molecular complexity index is 1250. The van der Waals surface area contributed by atoms with E-state index < -0.39 is 6.29 Å². The molecule has 2 aliphatic rings. The molecule has 0 bridgehead atoms. The van der Waals surface area contributed by atoms with E-state index in [-0.39, 0.29) is 25.0 Å². The Morgan fingerprint density at radius 2 is 2.00 bits per heavy atom. The molecule has 10 nitrogen and oxygen atoms in total. The molecule has 1 amide bonds. The normalized spacial score (nSPS) is 17.0. The highest BCUT2D eigenvalue weighted by atomic mass is 32.1. The molecule has 2 fully saturated rings. The first kappa shape index (κ1) is 28.3. The molecule has 2 N–H and O–H groups in total. The molecule has 11 heteroatoms. The van der Waals surface area contributed by atoms with Crippen LogP contribution in [0.4, 0.5) is 11.6 Å². The van der Waals surface area contributed by atoms with Crippen molar-refractivity contribution in [3.63, 3.8) is 0 Å². The van der Waals surface area contributed by atoms with Gasteiger partial charge in [0.2, 0.25) is 5.91 Å². The van der Waals surface area contributed by atoms with Crippen molar-refractivity contribution in [2.75, 3.05) is 49.3 Å². The van der Waals surface area contributed by atoms with E-state index in [4.69, 9.17) is 14.6 Å². The van der Waals surface area contributed by atoms with Gasteiger partial charge in [0.05, 0.1) is 25.5 Å². The molecule has 0 aliphatic carbocycles. The van der Waals surface area contributed by atoms with Gasteiger partial charge in [0.1, 0.15) is 11.6 Å². The van der Waals surface area contributed by atoms with Crippen LogP contribution in [0.25, 0.3) is 17.3 Å². The Kier molecular flexibility index (Phi) is 9.85. The quantitative estimate of drug-likeness (QED) is 0.337. The van der Waals surface area contributed by atoms with Gasteiger partial charge in [0, 0.05) is 61.1 Å². The Labute approximate surface area is 238 Å². The fourth-order valence-electron chi connectivity index (χ4n) is 4.87. The maximum Gasteiger partial charge on any atom is 0.231 e. The number of nitrogens with zero attached hydrogens (tertiary/aromatic N) is 5. The molecule has 0 aromatic carbocycles. The van der Waals surface area contributed by atoms with Gasteiger partial charge < -0.3 is 24.6 Å². The lowest BCUT2D eigenvalue weighted by molar-refractivity contribution is -0.125. The second-order valence-corrected chi connectivity index (χ2v) is 10.7. The largest absolute Gasteiger partial charge is 0.394 e. The number of aromatic nitrogens is 3. The van der Waals surface area contributed by atoms with Gasteiger partial charge in [-0.3, -0.25) is 14.7 Å². The average Bonchev–Trinajstić information content (AvgIpc) is 3.71. The van der Waals surface area contributed by atoms with Gasteiger partial charge in [-0.05, 0) is 73.1 Å². The third-order valence-electron chi connectivity index (χ3n) is 7.07. The van der Waals surface area contributed by atoms with Crippen LogP contribution >= 0.6 is 11.5 Å². The lowest BCUT2D eigenvalue weighted by Crippen LogP contribution is -2.38. The van der Waals surface area contributed by atoms with Gasteiger partial charge in [-0.25, -0.2) is 4.98 Å². The standard InChI is InChI=1S/C29H35N5O5S/c35-13-16-39-28(36)8-5-24-17-27(32-40-24)34(29(37)22-9-14-38-15-10-22)20-21-3-6-25(30-18-21)23-4-7-26(31-19-23)33-11-1-2-12-33/h3-8,17-19,22,28,35-36H,1-2,9-16,20H2/b8-5+. The summed E-state index contributed by atoms with van der Waals surface area (Å²) in [4.78, 5) is 27.7. The van der Waals surface area contributed by atoms with Crippen LogP contribution in [0.3, 0.4) is 0 Å². The van der Waals surface area contributed by atoms with E-state index in [0.29, 0.717) is 38.4 Å². The number of hydrogen-bond donors (Lipinski definition) is 2. The highest BCUT2D eigenvalue weighted by Gasteiger charge is 2.29. The number of aliphatic hydroxyl groups excluding tert-OH is 2. The maximum absolute atomic E-state index is 13.6. The zero-order valence-electron chi connectivity index (χ0n) is 22.4. The van der Waals surface area contributed by atoms with Crippen molar-refractivity contribution in [3.8, 4) is 11.3 Å². The summed E-state index contributed by atoms with van der Waals surface area (Å²) in [5.41, 5.74) is 2.67. The lowest BCUT2D eigenvalue weighted by Gasteiger charge is -2.28. The third kappa shape index (κ3) is 7.29. The number of carbonyl (C=O) groups is 1. The van der Waals surface area contributed by atoms with E-state index in [0.717, 1.165) is 40.6 Å². The van der Waals surface area contributed by atoms with Crippen molar-refractivity contribution >= 4 is 35.2 Å². The molecule has 5 heterocycles. The van der Waals surface area contributed by atoms with E-state index in [2.05, 4.69) is 31.4 Å². The SMILES string of the molecule is O=C(C1CCOCC1)N(Cc1ccc(-c2ccc(N3CCCC3)nc2)nc1)c1cc(/C=C/C(O)OCCO)sn1. The molecular formula is C29H35N5O5S. The van der Waals surface area contributed by atoms with Crippen molar-refractivity contribution < 1.29 is 24.5 Å². The first-order chi connectivity index (χ1) is 19.6. The molecule has 3 aromatic heterocycles. The molecule has 0 saturated carbocycles. The summed E-state index contributed by atoms with van der Waals surface area (Å²) in [5.74, 6) is 1.44. The number of rotatable bonds is 11. The van der Waals surface area contributed by atoms with E-state index >= 15 is 0 Å². The molecule has 212 valence electrons. The maximum atomic E-state index is 13.6. The monoisotopic (exact) mass is 565 g/mol. The van der Waals surface area contributed by atoms with Crippen molar-refractivity contribution in [2.45, 2.75) is 38.5 Å². The molecule has 1 unspecified atom stereocenters. The second kappa shape index (κ2) is 13.9. The minimum atomic E-state index is -1.13. The highest BCUT2D eigenvalue weighted by Crippen LogP contribution is 2.28. The number of amides is 1. The van der Waals surface area contributed by atoms with Crippen LogP contribution in [0.1, 0.15) is 36.1 Å². The topological polar surface area (TPSA) is 121 Å². The van der Waals surface area contributed by atoms with Gasteiger partial charge in [-0.1, -0.05) is 6.07 Å². The molecule has 40 heavy (non-hydrogen) atoms. The molecule has 0 spiro atoms. The number of aliphatic hydroxyl groups is 2. The summed E-state index contributed by atoms with van der Waals surface area (Å²) < 4.78 is 15.1. The molecule has 1 atom stereocenters. The Morgan fingerprint density at radius 1 is 1.18 bits per heavy atom. The van der Waals surface area contributed by atoms with Crippen LogP contribution in [0.2, 0.25) is 0 Å². The third-order valence-corrected chi connectivity index (χ3v) is 7.82. The van der Waals surface area contributed by atoms with Gasteiger partial charge in [-0.2, -0.15) is 4.37 Å². The first-order valence-corrected chi connectivity index (χ1v) is 14.5. The van der Waals surface area contributed by atoms with E-state index in [9.17, 15) is 9.90 Å². The van der Waals surface area contributed by atoms with Crippen molar-refractivity contribution in [1.82, 2.24) is 14.3 Å². The van der Waals surface area contributed by atoms with Crippen LogP contribution < -0.4 is 9.80 Å². The first-order valence-electron chi connectivity index (χ1n) is 13.7. The van der Waals surface area contributed by atoms with Crippen LogP contribution in [0.5, 0.6) is 0 Å². The van der Waals surface area contributed by atoms with Crippen LogP contribution in [0, 0.1) is 5.92 Å². The Morgan fingerprint density at radius 3 is 2.70 bits per heavy atom. The zero-order chi connectivity index (χ0) is 27.7. The second-order valence-electron chi connectivity index (χ2n) is 9.89. The Balaban J connectivity index is 1.30. The molecule has 0 radical (unpaired) electrons. The minimum absolute atomic E-state index is 0.0150. The molecule has 2 aliphatic heterocycles.